The maximum absolute atomic E-state index is 13.2. The molecule has 0 spiro atoms. The Morgan fingerprint density at radius 1 is 1.00 bits per heavy atom. The van der Waals surface area contributed by atoms with Gasteiger partial charge in [-0.05, 0) is 54.4 Å². The molecule has 5 rings (SSSR count). The first-order valence-corrected chi connectivity index (χ1v) is 11.8. The molecule has 1 saturated heterocycles. The van der Waals surface area contributed by atoms with Gasteiger partial charge in [-0.15, -0.1) is 0 Å². The smallest absolute Gasteiger partial charge is 0.264 e. The van der Waals surface area contributed by atoms with Gasteiger partial charge in [0.2, 0.25) is 11.8 Å². The van der Waals surface area contributed by atoms with Gasteiger partial charge in [0.1, 0.15) is 11.9 Å². The second-order valence-electron chi connectivity index (χ2n) is 8.91. The molecular weight excluding hydrogens is 493 g/mol. The Labute approximate surface area is 216 Å². The number of anilines is 3. The van der Waals surface area contributed by atoms with Gasteiger partial charge in [-0.3, -0.25) is 34.2 Å². The second kappa shape index (κ2) is 9.77. The van der Waals surface area contributed by atoms with Crippen LogP contribution in [-0.2, 0) is 16.1 Å². The molecule has 0 saturated carbocycles. The van der Waals surface area contributed by atoms with Crippen LogP contribution in [0.5, 0.6) is 0 Å². The molecule has 192 valence electrons. The predicted octanol–water partition coefficient (Wildman–Crippen LogP) is 2.67. The van der Waals surface area contributed by atoms with E-state index in [0.29, 0.717) is 16.9 Å². The van der Waals surface area contributed by atoms with Crippen LogP contribution in [0.2, 0.25) is 0 Å². The van der Waals surface area contributed by atoms with Crippen molar-refractivity contribution in [1.29, 1.82) is 0 Å². The van der Waals surface area contributed by atoms with Gasteiger partial charge in [-0.2, -0.15) is 0 Å². The Balaban J connectivity index is 1.27. The molecule has 1 unspecified atom stereocenters. The predicted molar refractivity (Wildman–Crippen MR) is 136 cm³/mol. The van der Waals surface area contributed by atoms with Crippen LogP contribution in [0.25, 0.3) is 0 Å². The number of amides is 5. The normalized spacial score (nSPS) is 16.8. The summed E-state index contributed by atoms with van der Waals surface area (Å²) in [5, 5.41) is 7.96. The minimum absolute atomic E-state index is 0.0419. The molecule has 0 aromatic heterocycles. The highest BCUT2D eigenvalue weighted by Gasteiger charge is 2.45. The van der Waals surface area contributed by atoms with Gasteiger partial charge in [-0.1, -0.05) is 18.2 Å². The fourth-order valence-corrected chi connectivity index (χ4v) is 4.48. The van der Waals surface area contributed by atoms with Crippen molar-refractivity contribution in [2.75, 3.05) is 16.4 Å². The van der Waals surface area contributed by atoms with E-state index >= 15 is 0 Å². The summed E-state index contributed by atoms with van der Waals surface area (Å²) in [6, 6.07) is 14.1. The fourth-order valence-electron chi connectivity index (χ4n) is 4.48. The number of nitrogen functional groups attached to an aromatic ring is 1. The van der Waals surface area contributed by atoms with E-state index in [1.165, 1.54) is 18.2 Å². The molecule has 3 aromatic carbocycles. The fraction of sp³-hybridized carbons (Fsp3) is 0.148. The Hall–Kier alpha value is -5.06. The number of nitrogens with zero attached hydrogens (tertiary/aromatic N) is 1. The number of carbonyl (C=O) groups excluding carboxylic acids is 5. The number of imide groups is 2. The average molecular weight is 516 g/mol. The van der Waals surface area contributed by atoms with Crippen molar-refractivity contribution in [3.63, 3.8) is 0 Å². The third kappa shape index (κ3) is 4.57. The van der Waals surface area contributed by atoms with E-state index in [4.69, 9.17) is 5.73 Å². The minimum Gasteiger partial charge on any atom is -0.397 e. The molecule has 3 aromatic rings. The Bertz CT molecular complexity index is 1500. The Morgan fingerprint density at radius 3 is 2.47 bits per heavy atom. The van der Waals surface area contributed by atoms with E-state index < -0.39 is 41.4 Å². The Morgan fingerprint density at radius 2 is 1.76 bits per heavy atom. The monoisotopic (exact) mass is 515 g/mol. The van der Waals surface area contributed by atoms with Crippen molar-refractivity contribution >= 4 is 46.6 Å². The van der Waals surface area contributed by atoms with Gasteiger partial charge >= 0.3 is 0 Å². The lowest BCUT2D eigenvalue weighted by Gasteiger charge is -2.27. The first kappa shape index (κ1) is 24.6. The van der Waals surface area contributed by atoms with Crippen molar-refractivity contribution in [1.82, 2.24) is 10.2 Å². The summed E-state index contributed by atoms with van der Waals surface area (Å²) in [6.07, 6.45) is 0.118. The summed E-state index contributed by atoms with van der Waals surface area (Å²) in [4.78, 5) is 63.4. The maximum atomic E-state index is 13.2. The van der Waals surface area contributed by atoms with Gasteiger partial charge in [0.15, 0.2) is 0 Å². The zero-order chi connectivity index (χ0) is 27.0. The third-order valence-corrected chi connectivity index (χ3v) is 6.43. The molecular formula is C27H22FN5O5. The van der Waals surface area contributed by atoms with Crippen LogP contribution in [0.3, 0.4) is 0 Å². The molecule has 0 radical (unpaired) electrons. The van der Waals surface area contributed by atoms with E-state index in [9.17, 15) is 28.4 Å². The highest BCUT2D eigenvalue weighted by Crippen LogP contribution is 2.32. The number of fused-ring (bicyclic) bond motifs is 1. The number of halogens is 1. The van der Waals surface area contributed by atoms with Gasteiger partial charge in [0, 0.05) is 24.2 Å². The molecule has 2 heterocycles. The van der Waals surface area contributed by atoms with E-state index in [-0.39, 0.29) is 36.2 Å². The summed E-state index contributed by atoms with van der Waals surface area (Å²) < 4.78 is 13.2. The SMILES string of the molecule is Nc1cc(F)ccc1NC(=O)c1ccc(CNc2cccc3c2C(=O)N(C2CCC(=O)NC2=O)C3=O)cc1. The van der Waals surface area contributed by atoms with Gasteiger partial charge in [-0.25, -0.2) is 4.39 Å². The van der Waals surface area contributed by atoms with Crippen molar-refractivity contribution < 1.29 is 28.4 Å². The van der Waals surface area contributed by atoms with E-state index in [0.717, 1.165) is 16.5 Å². The van der Waals surface area contributed by atoms with Crippen LogP contribution in [0.4, 0.5) is 21.5 Å². The number of nitrogens with two attached hydrogens (primary N) is 1. The molecule has 1 atom stereocenters. The molecule has 1 fully saturated rings. The number of rotatable bonds is 6. The maximum Gasteiger partial charge on any atom is 0.264 e. The van der Waals surface area contributed by atoms with Crippen LogP contribution in [0.1, 0.15) is 49.5 Å². The number of hydrogen-bond acceptors (Lipinski definition) is 7. The van der Waals surface area contributed by atoms with Crippen molar-refractivity contribution in [3.8, 4) is 0 Å². The molecule has 38 heavy (non-hydrogen) atoms. The van der Waals surface area contributed by atoms with E-state index in [1.807, 2.05) is 0 Å². The van der Waals surface area contributed by atoms with Gasteiger partial charge in [0.05, 0.1) is 22.5 Å². The first-order chi connectivity index (χ1) is 18.2. The van der Waals surface area contributed by atoms with Crippen molar-refractivity contribution in [2.24, 2.45) is 0 Å². The number of hydrogen-bond donors (Lipinski definition) is 4. The first-order valence-electron chi connectivity index (χ1n) is 11.8. The second-order valence-corrected chi connectivity index (χ2v) is 8.91. The largest absolute Gasteiger partial charge is 0.397 e. The average Bonchev–Trinajstić information content (AvgIpc) is 3.15. The van der Waals surface area contributed by atoms with Gasteiger partial charge in [0.25, 0.3) is 17.7 Å². The van der Waals surface area contributed by atoms with Crippen LogP contribution in [0.15, 0.2) is 60.7 Å². The lowest BCUT2D eigenvalue weighted by molar-refractivity contribution is -0.136. The molecule has 11 heteroatoms. The zero-order valence-corrected chi connectivity index (χ0v) is 19.9. The number of carbonyl (C=O) groups is 5. The molecule has 2 aliphatic rings. The van der Waals surface area contributed by atoms with Crippen molar-refractivity contribution in [3.05, 3.63) is 88.7 Å². The summed E-state index contributed by atoms with van der Waals surface area (Å²) in [7, 11) is 0. The lowest BCUT2D eigenvalue weighted by atomic mass is 10.0. The third-order valence-electron chi connectivity index (χ3n) is 6.43. The minimum atomic E-state index is -1.04. The summed E-state index contributed by atoms with van der Waals surface area (Å²) in [5.74, 6) is -3.21. The lowest BCUT2D eigenvalue weighted by Crippen LogP contribution is -2.54. The number of benzene rings is 3. The van der Waals surface area contributed by atoms with Crippen LogP contribution in [0, 0.1) is 5.82 Å². The highest BCUT2D eigenvalue weighted by atomic mass is 19.1. The molecule has 0 aliphatic carbocycles. The molecule has 10 nitrogen and oxygen atoms in total. The van der Waals surface area contributed by atoms with E-state index in [1.54, 1.807) is 36.4 Å². The van der Waals surface area contributed by atoms with Crippen LogP contribution in [-0.4, -0.2) is 40.5 Å². The molecule has 5 N–H and O–H groups in total. The topological polar surface area (TPSA) is 151 Å². The van der Waals surface area contributed by atoms with Gasteiger partial charge < -0.3 is 16.4 Å². The highest BCUT2D eigenvalue weighted by molar-refractivity contribution is 6.25. The summed E-state index contributed by atoms with van der Waals surface area (Å²) >= 11 is 0. The van der Waals surface area contributed by atoms with Crippen molar-refractivity contribution in [2.45, 2.75) is 25.4 Å². The molecule has 0 bridgehead atoms. The number of nitrogens with one attached hydrogen (secondary N) is 3. The quantitative estimate of drug-likeness (QED) is 0.291. The molecule has 2 aliphatic heterocycles. The van der Waals surface area contributed by atoms with Crippen LogP contribution < -0.4 is 21.7 Å². The summed E-state index contributed by atoms with van der Waals surface area (Å²) in [6.45, 7) is 0.281. The summed E-state index contributed by atoms with van der Waals surface area (Å²) in [5.41, 5.74) is 8.06. The number of piperidine rings is 1. The van der Waals surface area contributed by atoms with E-state index in [2.05, 4.69) is 16.0 Å². The standard InChI is InChI=1S/C27H22FN5O5/c28-16-8-9-19(18(29)12-16)31-24(35)15-6-4-14(5-7-15)13-30-20-3-1-2-17-23(20)27(38)33(26(17)37)21-10-11-22(34)32-25(21)36/h1-9,12,21,30H,10-11,13,29H2,(H,31,35)(H,32,34,36). The zero-order valence-electron chi connectivity index (χ0n) is 19.9. The Kier molecular flexibility index (Phi) is 6.33. The molecule has 5 amide bonds. The van der Waals surface area contributed by atoms with Crippen LogP contribution >= 0.6 is 0 Å².